The Morgan fingerprint density at radius 3 is 2.40 bits per heavy atom. The summed E-state index contributed by atoms with van der Waals surface area (Å²) in [5, 5.41) is 5.45. The summed E-state index contributed by atoms with van der Waals surface area (Å²) >= 11 is 0. The number of nitrogens with zero attached hydrogens (tertiary/aromatic N) is 2. The van der Waals surface area contributed by atoms with Crippen molar-refractivity contribution in [3.05, 3.63) is 82.9 Å². The number of methoxy groups -OCH3 is 1. The number of anilines is 2. The molecule has 4 N–H and O–H groups in total. The van der Waals surface area contributed by atoms with Gasteiger partial charge in [-0.2, -0.15) is 0 Å². The van der Waals surface area contributed by atoms with E-state index in [0.29, 0.717) is 6.29 Å². The quantitative estimate of drug-likeness (QED) is 0.258. The van der Waals surface area contributed by atoms with Crippen LogP contribution in [-0.4, -0.2) is 75.9 Å². The van der Waals surface area contributed by atoms with Crippen LogP contribution in [0.3, 0.4) is 0 Å². The molecule has 3 atom stereocenters. The molecule has 3 aromatic carbocycles. The van der Waals surface area contributed by atoms with Crippen molar-refractivity contribution >= 4 is 45.3 Å². The molecule has 4 amide bonds. The van der Waals surface area contributed by atoms with Gasteiger partial charge in [0.05, 0.1) is 29.5 Å². The Morgan fingerprint density at radius 2 is 1.79 bits per heavy atom. The Labute approximate surface area is 270 Å². The molecule has 250 valence electrons. The molecule has 0 unspecified atom stereocenters. The van der Waals surface area contributed by atoms with E-state index in [-0.39, 0.29) is 57.4 Å². The van der Waals surface area contributed by atoms with Gasteiger partial charge in [0.25, 0.3) is 0 Å². The normalized spacial score (nSPS) is 16.7. The zero-order valence-corrected chi connectivity index (χ0v) is 26.9. The van der Waals surface area contributed by atoms with E-state index in [1.54, 1.807) is 0 Å². The number of urea groups is 1. The van der Waals surface area contributed by atoms with E-state index in [1.807, 2.05) is 0 Å². The second kappa shape index (κ2) is 14.2. The Kier molecular flexibility index (Phi) is 10.5. The minimum atomic E-state index is -3.91. The van der Waals surface area contributed by atoms with Gasteiger partial charge in [-0.15, -0.1) is 0 Å². The van der Waals surface area contributed by atoms with Crippen molar-refractivity contribution in [2.45, 2.75) is 30.3 Å². The molecule has 1 fully saturated rings. The van der Waals surface area contributed by atoms with Crippen LogP contribution in [-0.2, 0) is 19.4 Å². The molecule has 3 aromatic rings. The molecule has 12 nitrogen and oxygen atoms in total. The lowest BCUT2D eigenvalue weighted by Gasteiger charge is -2.32. The van der Waals surface area contributed by atoms with E-state index >= 15 is 4.39 Å². The lowest BCUT2D eigenvalue weighted by Crippen LogP contribution is -2.39. The van der Waals surface area contributed by atoms with E-state index in [2.05, 4.69) is 10.6 Å². The van der Waals surface area contributed by atoms with Crippen LogP contribution in [0.2, 0.25) is 0 Å². The van der Waals surface area contributed by atoms with Crippen molar-refractivity contribution in [2.75, 3.05) is 44.1 Å². The fourth-order valence-electron chi connectivity index (χ4n) is 5.39. The van der Waals surface area contributed by atoms with Gasteiger partial charge in [-0.3, -0.25) is 9.59 Å². The number of carbonyl (C=O) groups excluding carboxylic acids is 4. The fraction of sp³-hybridized carbons (Fsp3) is 0.312. The van der Waals surface area contributed by atoms with Gasteiger partial charge in [0.2, 0.25) is 11.8 Å². The van der Waals surface area contributed by atoms with Crippen LogP contribution in [0.5, 0.6) is 5.75 Å². The van der Waals surface area contributed by atoms with Crippen LogP contribution < -0.4 is 21.1 Å². The van der Waals surface area contributed by atoms with Gasteiger partial charge in [-0.25, -0.2) is 22.0 Å². The number of aldehydes is 1. The predicted molar refractivity (Wildman–Crippen MR) is 170 cm³/mol. The van der Waals surface area contributed by atoms with Crippen LogP contribution in [0.4, 0.5) is 25.0 Å². The van der Waals surface area contributed by atoms with Gasteiger partial charge in [0.15, 0.2) is 21.4 Å². The first kappa shape index (κ1) is 34.8. The standard InChI is InChI=1S/C32H35F2N5O7S/c1-5-47(44,45)27-11-8-21(36-32(43)38(2)3)16-22(27)29-20(17-40)12-13-39(29)31(42)28(18-6-10-24(34)26(15-18)46-4)37-25-14-19(30(35)41)7-9-23(25)33/h6-11,14-17,20,28-29,37H,5,12-13H2,1-4H3,(H2,35,41)(H,36,43)/t20-,28-,29-/m1/s1. The number of nitrogens with one attached hydrogen (secondary N) is 2. The second-order valence-corrected chi connectivity index (χ2v) is 13.3. The molecule has 1 aliphatic heterocycles. The largest absolute Gasteiger partial charge is 0.494 e. The van der Waals surface area contributed by atoms with Crippen LogP contribution in [0.15, 0.2) is 59.5 Å². The smallest absolute Gasteiger partial charge is 0.321 e. The molecule has 1 heterocycles. The van der Waals surface area contributed by atoms with Gasteiger partial charge < -0.3 is 35.7 Å². The number of carbonyl (C=O) groups is 4. The molecule has 1 saturated heterocycles. The molecule has 0 radical (unpaired) electrons. The number of primary amides is 1. The monoisotopic (exact) mass is 671 g/mol. The predicted octanol–water partition coefficient (Wildman–Crippen LogP) is 3.90. The SMILES string of the molecule is CCS(=O)(=O)c1ccc(NC(=O)N(C)C)cc1[C@H]1[C@@H](C=O)CCN1C(=O)[C@H](Nc1cc(C(N)=O)ccc1F)c1ccc(F)c(OC)c1. The Bertz CT molecular complexity index is 1820. The lowest BCUT2D eigenvalue weighted by molar-refractivity contribution is -0.133. The lowest BCUT2D eigenvalue weighted by atomic mass is 9.93. The molecule has 47 heavy (non-hydrogen) atoms. The topological polar surface area (TPSA) is 168 Å². The van der Waals surface area contributed by atoms with Gasteiger partial charge in [0, 0.05) is 37.8 Å². The third kappa shape index (κ3) is 7.35. The van der Waals surface area contributed by atoms with Crippen LogP contribution in [0.1, 0.15) is 46.9 Å². The third-order valence-electron chi connectivity index (χ3n) is 7.91. The molecular weight excluding hydrogens is 636 g/mol. The first-order chi connectivity index (χ1) is 22.2. The van der Waals surface area contributed by atoms with Gasteiger partial charge in [-0.05, 0) is 66.1 Å². The average molecular weight is 672 g/mol. The number of hydrogen-bond donors (Lipinski definition) is 3. The highest BCUT2D eigenvalue weighted by Gasteiger charge is 2.43. The summed E-state index contributed by atoms with van der Waals surface area (Å²) in [5.74, 6) is -4.48. The van der Waals surface area contributed by atoms with Gasteiger partial charge >= 0.3 is 6.03 Å². The van der Waals surface area contributed by atoms with Crippen molar-refractivity contribution in [1.82, 2.24) is 9.80 Å². The Balaban J connectivity index is 1.89. The zero-order valence-electron chi connectivity index (χ0n) is 26.1. The molecular formula is C32H35F2N5O7S. The maximum Gasteiger partial charge on any atom is 0.321 e. The summed E-state index contributed by atoms with van der Waals surface area (Å²) in [6.45, 7) is 1.44. The number of benzene rings is 3. The van der Waals surface area contributed by atoms with E-state index in [4.69, 9.17) is 10.5 Å². The molecule has 0 saturated carbocycles. The number of rotatable bonds is 11. The molecule has 0 spiro atoms. The number of likely N-dealkylation sites (tertiary alicyclic amines) is 1. The number of sulfone groups is 1. The maximum atomic E-state index is 15.1. The highest BCUT2D eigenvalue weighted by atomic mass is 32.2. The Morgan fingerprint density at radius 1 is 1.09 bits per heavy atom. The van der Waals surface area contributed by atoms with E-state index < -0.39 is 57.3 Å². The van der Waals surface area contributed by atoms with Crippen molar-refractivity contribution in [3.63, 3.8) is 0 Å². The summed E-state index contributed by atoms with van der Waals surface area (Å²) < 4.78 is 61.2. The number of halogens is 2. The van der Waals surface area contributed by atoms with Crippen molar-refractivity contribution in [3.8, 4) is 5.75 Å². The van der Waals surface area contributed by atoms with E-state index in [1.165, 1.54) is 74.3 Å². The number of hydrogen-bond acceptors (Lipinski definition) is 8. The van der Waals surface area contributed by atoms with Crippen LogP contribution in [0.25, 0.3) is 0 Å². The number of nitrogens with two attached hydrogens (primary N) is 1. The zero-order chi connectivity index (χ0) is 34.6. The first-order valence-corrected chi connectivity index (χ1v) is 16.2. The van der Waals surface area contributed by atoms with E-state index in [9.17, 15) is 32.0 Å². The molecule has 0 aromatic heterocycles. The van der Waals surface area contributed by atoms with Crippen molar-refractivity contribution in [2.24, 2.45) is 11.7 Å². The summed E-state index contributed by atoms with van der Waals surface area (Å²) in [5.41, 5.74) is 5.53. The van der Waals surface area contributed by atoms with Gasteiger partial charge in [0.1, 0.15) is 18.1 Å². The summed E-state index contributed by atoms with van der Waals surface area (Å²) in [6, 6.07) is 7.94. The highest BCUT2D eigenvalue weighted by molar-refractivity contribution is 7.91. The summed E-state index contributed by atoms with van der Waals surface area (Å²) in [7, 11) is 0.360. The highest BCUT2D eigenvalue weighted by Crippen LogP contribution is 2.42. The minimum Gasteiger partial charge on any atom is -0.494 e. The number of ether oxygens (including phenoxy) is 1. The first-order valence-electron chi connectivity index (χ1n) is 14.5. The van der Waals surface area contributed by atoms with Crippen LogP contribution in [0, 0.1) is 17.6 Å². The molecule has 15 heteroatoms. The fourth-order valence-corrected chi connectivity index (χ4v) is 6.52. The minimum absolute atomic E-state index is 0.00682. The number of amides is 4. The average Bonchev–Trinajstić information content (AvgIpc) is 3.48. The molecule has 0 bridgehead atoms. The second-order valence-electron chi connectivity index (χ2n) is 11.1. The Hall–Kier alpha value is -5.05. The molecule has 4 rings (SSSR count). The summed E-state index contributed by atoms with van der Waals surface area (Å²) in [4.78, 5) is 53.7. The van der Waals surface area contributed by atoms with Crippen molar-refractivity contribution in [1.29, 1.82) is 0 Å². The third-order valence-corrected chi connectivity index (χ3v) is 9.71. The van der Waals surface area contributed by atoms with Gasteiger partial charge in [-0.1, -0.05) is 13.0 Å². The van der Waals surface area contributed by atoms with E-state index in [0.717, 1.165) is 18.2 Å². The summed E-state index contributed by atoms with van der Waals surface area (Å²) in [6.07, 6.45) is 0.787. The molecule has 0 aliphatic carbocycles. The molecule has 1 aliphatic rings. The van der Waals surface area contributed by atoms with Crippen molar-refractivity contribution < 1.29 is 41.1 Å². The maximum absolute atomic E-state index is 15.1. The van der Waals surface area contributed by atoms with Crippen LogP contribution >= 0.6 is 0 Å².